The Morgan fingerprint density at radius 3 is 2.34 bits per heavy atom. The summed E-state index contributed by atoms with van der Waals surface area (Å²) in [5.74, 6) is -0.559. The average Bonchev–Trinajstić information content (AvgIpc) is 2.67. The first-order chi connectivity index (χ1) is 13.4. The van der Waals surface area contributed by atoms with E-state index in [2.05, 4.69) is 35.4 Å². The summed E-state index contributed by atoms with van der Waals surface area (Å²) in [5, 5.41) is 15.7. The van der Waals surface area contributed by atoms with Gasteiger partial charge in [-0.3, -0.25) is 4.79 Å². The van der Waals surface area contributed by atoms with Gasteiger partial charge in [0.15, 0.2) is 0 Å². The summed E-state index contributed by atoms with van der Waals surface area (Å²) in [6.45, 7) is 8.04. The lowest BCUT2D eigenvalue weighted by Crippen LogP contribution is -3.00. The normalized spacial score (nSPS) is 10.6. The molecule has 0 spiro atoms. The second-order valence-corrected chi connectivity index (χ2v) is 6.91. The smallest absolute Gasteiger partial charge is 0.267 e. The number of amides is 1. The number of halogens is 3. The zero-order chi connectivity index (χ0) is 20.7. The highest BCUT2D eigenvalue weighted by atomic mass is 35.5. The molecule has 2 aromatic rings. The molecule has 0 unspecified atom stereocenters. The van der Waals surface area contributed by atoms with Crippen LogP contribution in [0.4, 0.5) is 17.1 Å². The van der Waals surface area contributed by atoms with Gasteiger partial charge in [0, 0.05) is 35.7 Å². The minimum atomic E-state index is -0.559. The summed E-state index contributed by atoms with van der Waals surface area (Å²) in [5.41, 5.74) is 3.28. The molecule has 0 radical (unpaired) electrons. The standard InChI is InChI=1S/C21H22Cl2N4O.ClH/c1-4-27(5-2)17-7-9-19(14(3)10-17)25-13-15(12-24)21(28)26-20-8-6-16(22)11-18(20)23;/h6-11,13,25H,4-5H2,1-3H3,(H,26,28);1H/p-1/b15-13-;. The third-order valence-corrected chi connectivity index (χ3v) is 4.80. The maximum absolute atomic E-state index is 12.4. The number of nitrogens with zero attached hydrogens (tertiary/aromatic N) is 2. The third kappa shape index (κ3) is 6.57. The van der Waals surface area contributed by atoms with Crippen LogP contribution in [0.25, 0.3) is 0 Å². The van der Waals surface area contributed by atoms with E-state index in [-0.39, 0.29) is 18.0 Å². The van der Waals surface area contributed by atoms with E-state index >= 15 is 0 Å². The quantitative estimate of drug-likeness (QED) is 0.500. The first kappa shape index (κ1) is 24.6. The molecular weight excluding hydrogens is 431 g/mol. The Balaban J connectivity index is 0.00000420. The van der Waals surface area contributed by atoms with Crippen molar-refractivity contribution in [3.05, 3.63) is 63.8 Å². The fourth-order valence-corrected chi connectivity index (χ4v) is 3.13. The number of carbonyl (C=O) groups excluding carboxylic acids is 1. The van der Waals surface area contributed by atoms with Crippen LogP contribution in [0.3, 0.4) is 0 Å². The molecule has 2 N–H and O–H groups in total. The molecule has 29 heavy (non-hydrogen) atoms. The summed E-state index contributed by atoms with van der Waals surface area (Å²) >= 11 is 11.9. The number of carbonyl (C=O) groups is 1. The fraction of sp³-hybridized carbons (Fsp3) is 0.238. The second kappa shape index (κ2) is 11.6. The van der Waals surface area contributed by atoms with Gasteiger partial charge in [-0.05, 0) is 62.7 Å². The van der Waals surface area contributed by atoms with E-state index < -0.39 is 5.91 Å². The lowest BCUT2D eigenvalue weighted by molar-refractivity contribution is -0.112. The number of hydrogen-bond donors (Lipinski definition) is 2. The molecule has 0 aromatic heterocycles. The Kier molecular flexibility index (Phi) is 9.84. The number of rotatable bonds is 7. The Labute approximate surface area is 187 Å². The molecule has 1 amide bonds. The van der Waals surface area contributed by atoms with Gasteiger partial charge in [-0.15, -0.1) is 0 Å². The summed E-state index contributed by atoms with van der Waals surface area (Å²) in [7, 11) is 0. The number of aryl methyl sites for hydroxylation is 1. The van der Waals surface area contributed by atoms with Gasteiger partial charge < -0.3 is 27.9 Å². The molecule has 2 aromatic carbocycles. The Hall–Kier alpha value is -2.39. The molecule has 0 saturated carbocycles. The summed E-state index contributed by atoms with van der Waals surface area (Å²) in [4.78, 5) is 14.6. The largest absolute Gasteiger partial charge is 1.00 e. The summed E-state index contributed by atoms with van der Waals surface area (Å²) < 4.78 is 0. The molecule has 0 aliphatic heterocycles. The number of anilines is 3. The van der Waals surface area contributed by atoms with Crippen molar-refractivity contribution in [2.75, 3.05) is 28.6 Å². The molecule has 2 rings (SSSR count). The van der Waals surface area contributed by atoms with E-state index in [9.17, 15) is 10.1 Å². The second-order valence-electron chi connectivity index (χ2n) is 6.06. The fourth-order valence-electron chi connectivity index (χ4n) is 2.67. The first-order valence-corrected chi connectivity index (χ1v) is 9.64. The van der Waals surface area contributed by atoms with Gasteiger partial charge in [0.05, 0.1) is 10.7 Å². The van der Waals surface area contributed by atoms with Crippen LogP contribution in [0.1, 0.15) is 19.4 Å². The predicted octanol–water partition coefficient (Wildman–Crippen LogP) is 2.61. The van der Waals surface area contributed by atoms with E-state index in [1.165, 1.54) is 12.3 Å². The highest BCUT2D eigenvalue weighted by Crippen LogP contribution is 2.26. The van der Waals surface area contributed by atoms with Crippen LogP contribution >= 0.6 is 23.2 Å². The Bertz CT molecular complexity index is 934. The highest BCUT2D eigenvalue weighted by molar-refractivity contribution is 6.36. The van der Waals surface area contributed by atoms with Crippen LogP contribution in [0.2, 0.25) is 10.0 Å². The molecule has 0 atom stereocenters. The van der Waals surface area contributed by atoms with Crippen molar-refractivity contribution in [3.63, 3.8) is 0 Å². The zero-order valence-electron chi connectivity index (χ0n) is 16.4. The molecule has 0 heterocycles. The van der Waals surface area contributed by atoms with Gasteiger partial charge in [-0.2, -0.15) is 5.26 Å². The first-order valence-electron chi connectivity index (χ1n) is 8.88. The average molecular weight is 453 g/mol. The minimum Gasteiger partial charge on any atom is -1.00 e. The third-order valence-electron chi connectivity index (χ3n) is 4.25. The van der Waals surface area contributed by atoms with Crippen LogP contribution in [-0.2, 0) is 4.79 Å². The van der Waals surface area contributed by atoms with Crippen LogP contribution in [0.5, 0.6) is 0 Å². The molecule has 0 bridgehead atoms. The minimum absolute atomic E-state index is 0. The topological polar surface area (TPSA) is 68.2 Å². The SMILES string of the molecule is CCN(CC)c1ccc(N/C=C(/C#N)C(=O)Nc2ccc(Cl)cc2Cl)c(C)c1.[Cl-]. The van der Waals surface area contributed by atoms with Crippen molar-refractivity contribution in [3.8, 4) is 6.07 Å². The lowest BCUT2D eigenvalue weighted by atomic mass is 10.1. The number of nitriles is 1. The van der Waals surface area contributed by atoms with Gasteiger partial charge in [0.1, 0.15) is 11.6 Å². The van der Waals surface area contributed by atoms with E-state index in [4.69, 9.17) is 23.2 Å². The number of hydrogen-bond acceptors (Lipinski definition) is 4. The number of benzene rings is 2. The zero-order valence-corrected chi connectivity index (χ0v) is 18.7. The van der Waals surface area contributed by atoms with Crippen molar-refractivity contribution in [1.82, 2.24) is 0 Å². The molecule has 0 aliphatic rings. The molecule has 0 aliphatic carbocycles. The van der Waals surface area contributed by atoms with Gasteiger partial charge in [-0.25, -0.2) is 0 Å². The molecule has 8 heteroatoms. The molecule has 0 fully saturated rings. The van der Waals surface area contributed by atoms with Crippen molar-refractivity contribution in [1.29, 1.82) is 5.26 Å². The molecule has 5 nitrogen and oxygen atoms in total. The monoisotopic (exact) mass is 451 g/mol. The van der Waals surface area contributed by atoms with E-state index in [0.29, 0.717) is 15.7 Å². The van der Waals surface area contributed by atoms with Gasteiger partial charge in [-0.1, -0.05) is 23.2 Å². The Morgan fingerprint density at radius 2 is 1.79 bits per heavy atom. The van der Waals surface area contributed by atoms with Crippen LogP contribution in [0, 0.1) is 18.3 Å². The summed E-state index contributed by atoms with van der Waals surface area (Å²) in [6.07, 6.45) is 1.39. The van der Waals surface area contributed by atoms with E-state index in [1.54, 1.807) is 12.1 Å². The number of nitrogens with one attached hydrogen (secondary N) is 2. The lowest BCUT2D eigenvalue weighted by Gasteiger charge is -2.22. The van der Waals surface area contributed by atoms with Crippen LogP contribution in [0.15, 0.2) is 48.2 Å². The maximum Gasteiger partial charge on any atom is 0.267 e. The van der Waals surface area contributed by atoms with Crippen molar-refractivity contribution in [2.24, 2.45) is 0 Å². The maximum atomic E-state index is 12.4. The predicted molar refractivity (Wildman–Crippen MR) is 117 cm³/mol. The molecule has 0 saturated heterocycles. The Morgan fingerprint density at radius 1 is 1.14 bits per heavy atom. The van der Waals surface area contributed by atoms with E-state index in [1.807, 2.05) is 25.1 Å². The van der Waals surface area contributed by atoms with Crippen LogP contribution < -0.4 is 27.9 Å². The molecular formula is C21H22Cl3N4O-. The van der Waals surface area contributed by atoms with Gasteiger partial charge in [0.2, 0.25) is 0 Å². The molecule has 154 valence electrons. The van der Waals surface area contributed by atoms with Gasteiger partial charge in [0.25, 0.3) is 5.91 Å². The van der Waals surface area contributed by atoms with Gasteiger partial charge >= 0.3 is 0 Å². The summed E-state index contributed by atoms with van der Waals surface area (Å²) in [6, 6.07) is 12.6. The van der Waals surface area contributed by atoms with Crippen molar-refractivity contribution < 1.29 is 17.2 Å². The van der Waals surface area contributed by atoms with Crippen LogP contribution in [-0.4, -0.2) is 19.0 Å². The van der Waals surface area contributed by atoms with E-state index in [0.717, 1.165) is 30.0 Å². The van der Waals surface area contributed by atoms with Crippen molar-refractivity contribution in [2.45, 2.75) is 20.8 Å². The highest BCUT2D eigenvalue weighted by Gasteiger charge is 2.12. The van der Waals surface area contributed by atoms with Crippen molar-refractivity contribution >= 4 is 46.2 Å².